The van der Waals surface area contributed by atoms with Crippen molar-refractivity contribution in [2.75, 3.05) is 0 Å². The molecule has 34 heavy (non-hydrogen) atoms. The average molecular weight is 441 g/mol. The molecule has 4 heteroatoms. The van der Waals surface area contributed by atoms with Crippen LogP contribution in [0.2, 0.25) is 0 Å². The Morgan fingerprint density at radius 3 is 1.26 bits per heavy atom. The number of fused-ring (bicyclic) bond motifs is 6. The molecule has 0 radical (unpaired) electrons. The van der Waals surface area contributed by atoms with Gasteiger partial charge in [0.25, 0.3) is 0 Å². The van der Waals surface area contributed by atoms with Gasteiger partial charge in [-0.1, -0.05) is 72.8 Å². The fraction of sp³-hybridized carbons (Fsp3) is 0. The maximum atomic E-state index is 10.9. The Morgan fingerprint density at radius 2 is 0.824 bits per heavy atom. The highest BCUT2D eigenvalue weighted by Crippen LogP contribution is 2.50. The molecule has 4 N–H and O–H groups in total. The maximum Gasteiger partial charge on any atom is 0.123 e. The van der Waals surface area contributed by atoms with Crippen LogP contribution in [0.4, 0.5) is 0 Å². The number of aromatic amines is 2. The van der Waals surface area contributed by atoms with E-state index in [1.54, 1.807) is 12.1 Å². The molecule has 0 amide bonds. The van der Waals surface area contributed by atoms with Crippen LogP contribution in [0.3, 0.4) is 0 Å². The van der Waals surface area contributed by atoms with Gasteiger partial charge in [0.05, 0.1) is 11.0 Å². The van der Waals surface area contributed by atoms with Crippen molar-refractivity contribution >= 4 is 43.6 Å². The molecular weight excluding hydrogens is 420 g/mol. The number of hydrogen-bond acceptors (Lipinski definition) is 2. The first-order valence-corrected chi connectivity index (χ1v) is 11.3. The Hall–Kier alpha value is -4.70. The minimum Gasteiger partial charge on any atom is -0.507 e. The molecule has 0 bridgehead atoms. The Labute approximate surface area is 194 Å². The highest BCUT2D eigenvalue weighted by atomic mass is 16.3. The second-order valence-corrected chi connectivity index (χ2v) is 8.63. The van der Waals surface area contributed by atoms with Crippen LogP contribution in [0, 0.1) is 0 Å². The number of nitrogens with one attached hydrogen (secondary N) is 2. The maximum absolute atomic E-state index is 10.9. The van der Waals surface area contributed by atoms with Crippen molar-refractivity contribution in [1.82, 2.24) is 9.97 Å². The van der Waals surface area contributed by atoms with Gasteiger partial charge >= 0.3 is 0 Å². The molecule has 0 aliphatic rings. The third-order valence-electron chi connectivity index (χ3n) is 6.76. The number of phenols is 2. The lowest BCUT2D eigenvalue weighted by Crippen LogP contribution is -1.89. The molecule has 0 aliphatic carbocycles. The summed E-state index contributed by atoms with van der Waals surface area (Å²) in [6.45, 7) is 0. The molecule has 0 fully saturated rings. The molecule has 5 aromatic carbocycles. The van der Waals surface area contributed by atoms with Crippen LogP contribution >= 0.6 is 0 Å². The van der Waals surface area contributed by atoms with Crippen LogP contribution < -0.4 is 0 Å². The summed E-state index contributed by atoms with van der Waals surface area (Å²) in [7, 11) is 0. The number of aromatic nitrogens is 2. The summed E-state index contributed by atoms with van der Waals surface area (Å²) in [6, 6.07) is 31.3. The van der Waals surface area contributed by atoms with Gasteiger partial charge in [-0.05, 0) is 24.3 Å². The quantitative estimate of drug-likeness (QED) is 0.222. The number of aromatic hydroxyl groups is 2. The molecule has 0 spiro atoms. The van der Waals surface area contributed by atoms with Crippen molar-refractivity contribution in [3.8, 4) is 33.8 Å². The standard InChI is InChI=1S/C30H20N2O2/c33-23-15-7-3-11-19(23)27-25-17-9-1-5-13-21(17)31-29(25)28(20-12-4-8-16-24(20)34)26-18-10-2-6-14-22(18)32-30(26)27/h1-16,31-34H. The second-order valence-electron chi connectivity index (χ2n) is 8.63. The van der Waals surface area contributed by atoms with Crippen LogP contribution in [-0.2, 0) is 0 Å². The molecular formula is C30H20N2O2. The molecule has 0 aliphatic heterocycles. The van der Waals surface area contributed by atoms with Crippen LogP contribution in [0.25, 0.3) is 65.9 Å². The van der Waals surface area contributed by atoms with Crippen molar-refractivity contribution in [2.45, 2.75) is 0 Å². The zero-order valence-corrected chi connectivity index (χ0v) is 18.1. The number of H-pyrrole nitrogens is 2. The second kappa shape index (κ2) is 6.90. The number of para-hydroxylation sites is 4. The van der Waals surface area contributed by atoms with Crippen molar-refractivity contribution in [3.63, 3.8) is 0 Å². The summed E-state index contributed by atoms with van der Waals surface area (Å²) in [6.07, 6.45) is 0. The van der Waals surface area contributed by atoms with E-state index in [9.17, 15) is 10.2 Å². The highest BCUT2D eigenvalue weighted by molar-refractivity contribution is 6.32. The van der Waals surface area contributed by atoms with Crippen molar-refractivity contribution in [2.24, 2.45) is 0 Å². The fourth-order valence-corrected chi connectivity index (χ4v) is 5.34. The first-order valence-electron chi connectivity index (χ1n) is 11.3. The van der Waals surface area contributed by atoms with Crippen LogP contribution in [-0.4, -0.2) is 20.2 Å². The van der Waals surface area contributed by atoms with Gasteiger partial charge < -0.3 is 20.2 Å². The summed E-state index contributed by atoms with van der Waals surface area (Å²) in [5.41, 5.74) is 7.27. The molecule has 0 atom stereocenters. The average Bonchev–Trinajstić information content (AvgIpc) is 3.43. The normalized spacial score (nSPS) is 11.8. The van der Waals surface area contributed by atoms with E-state index in [1.807, 2.05) is 60.7 Å². The highest BCUT2D eigenvalue weighted by Gasteiger charge is 2.25. The first kappa shape index (κ1) is 18.8. The predicted molar refractivity (Wildman–Crippen MR) is 139 cm³/mol. The molecule has 7 aromatic rings. The number of hydrogen-bond donors (Lipinski definition) is 4. The lowest BCUT2D eigenvalue weighted by Gasteiger charge is -2.15. The van der Waals surface area contributed by atoms with E-state index in [-0.39, 0.29) is 11.5 Å². The number of rotatable bonds is 2. The summed E-state index contributed by atoms with van der Waals surface area (Å²) >= 11 is 0. The smallest absolute Gasteiger partial charge is 0.123 e. The molecule has 4 nitrogen and oxygen atoms in total. The van der Waals surface area contributed by atoms with E-state index in [4.69, 9.17) is 0 Å². The predicted octanol–water partition coefficient (Wildman–Crippen LogP) is 7.70. The van der Waals surface area contributed by atoms with Crippen LogP contribution in [0.5, 0.6) is 11.5 Å². The monoisotopic (exact) mass is 440 g/mol. The Bertz CT molecular complexity index is 1750. The summed E-state index contributed by atoms with van der Waals surface area (Å²) in [5.74, 6) is 0.452. The SMILES string of the molecule is Oc1ccccc1-c1c2[nH]c3ccccc3c2c(-c2ccccc2O)c2[nH]c3ccccc3c12. The molecule has 0 saturated carbocycles. The molecule has 7 rings (SSSR count). The summed E-state index contributed by atoms with van der Waals surface area (Å²) in [5, 5.41) is 26.0. The van der Waals surface area contributed by atoms with Gasteiger partial charge in [-0.2, -0.15) is 0 Å². The summed E-state index contributed by atoms with van der Waals surface area (Å²) < 4.78 is 0. The van der Waals surface area contributed by atoms with E-state index >= 15 is 0 Å². The first-order chi connectivity index (χ1) is 16.7. The zero-order chi connectivity index (χ0) is 22.8. The van der Waals surface area contributed by atoms with E-state index in [2.05, 4.69) is 34.2 Å². The topological polar surface area (TPSA) is 72.0 Å². The van der Waals surface area contributed by atoms with Gasteiger partial charge in [-0.25, -0.2) is 0 Å². The number of benzene rings is 5. The van der Waals surface area contributed by atoms with Crippen molar-refractivity contribution < 1.29 is 10.2 Å². The van der Waals surface area contributed by atoms with Crippen LogP contribution in [0.1, 0.15) is 0 Å². The molecule has 2 aromatic heterocycles. The van der Waals surface area contributed by atoms with E-state index in [1.165, 1.54) is 0 Å². The Morgan fingerprint density at radius 1 is 0.441 bits per heavy atom. The fourth-order valence-electron chi connectivity index (χ4n) is 5.34. The lowest BCUT2D eigenvalue weighted by molar-refractivity contribution is 0.477. The molecule has 2 heterocycles. The van der Waals surface area contributed by atoms with Crippen molar-refractivity contribution in [3.05, 3.63) is 97.1 Å². The minimum absolute atomic E-state index is 0.226. The molecule has 0 saturated heterocycles. The van der Waals surface area contributed by atoms with Gasteiger partial charge in [-0.15, -0.1) is 0 Å². The van der Waals surface area contributed by atoms with Gasteiger partial charge in [0.15, 0.2) is 0 Å². The Balaban J connectivity index is 1.85. The summed E-state index contributed by atoms with van der Waals surface area (Å²) in [4.78, 5) is 7.28. The third-order valence-corrected chi connectivity index (χ3v) is 6.76. The molecule has 162 valence electrons. The van der Waals surface area contributed by atoms with Gasteiger partial charge in [0.2, 0.25) is 0 Å². The third kappa shape index (κ3) is 2.48. The number of phenolic OH excluding ortho intramolecular Hbond substituents is 2. The Kier molecular flexibility index (Phi) is 3.82. The lowest BCUT2D eigenvalue weighted by atomic mass is 9.89. The van der Waals surface area contributed by atoms with E-state index in [0.717, 1.165) is 65.9 Å². The van der Waals surface area contributed by atoms with Crippen molar-refractivity contribution in [1.29, 1.82) is 0 Å². The van der Waals surface area contributed by atoms with Gasteiger partial charge in [-0.3, -0.25) is 0 Å². The van der Waals surface area contributed by atoms with E-state index in [0.29, 0.717) is 0 Å². The van der Waals surface area contributed by atoms with E-state index < -0.39 is 0 Å². The van der Waals surface area contributed by atoms with Gasteiger partial charge in [0, 0.05) is 54.8 Å². The van der Waals surface area contributed by atoms with Crippen LogP contribution in [0.15, 0.2) is 97.1 Å². The van der Waals surface area contributed by atoms with Gasteiger partial charge in [0.1, 0.15) is 11.5 Å². The minimum atomic E-state index is 0.226. The zero-order valence-electron chi connectivity index (χ0n) is 18.1. The largest absolute Gasteiger partial charge is 0.507 e. The molecule has 0 unspecified atom stereocenters.